The Labute approximate surface area is 462 Å². The van der Waals surface area contributed by atoms with Gasteiger partial charge >= 0.3 is 5.97 Å². The van der Waals surface area contributed by atoms with Crippen molar-refractivity contribution in [1.82, 2.24) is 15.5 Å². The highest BCUT2D eigenvalue weighted by atomic mass is 16.7. The van der Waals surface area contributed by atoms with Crippen LogP contribution in [0.3, 0.4) is 0 Å². The first kappa shape index (κ1) is 72.5. The monoisotopic (exact) mass is 1170 g/mol. The number of carboxylic acid groups (broad SMARTS) is 1. The SMILES string of the molecule is CNC(CNC(=O)CCOCCOCCOCCOCCOCCOCCOCCOCCN(C[C@H](O)[C@@H](O)[C@H](O)[C@H](O)CO)C[C@H](O)[C@@H](O)[C@H](O)[C@H](O)CO)C(=O)Nc1cc(CO)ccc1O[C@@H]1O[C@H](C(=O)O)[C@@H](O)[C@H](O)[C@H]1O. The van der Waals surface area contributed by atoms with Gasteiger partial charge in [0.2, 0.25) is 18.1 Å². The van der Waals surface area contributed by atoms with Crippen LogP contribution in [0.25, 0.3) is 0 Å². The van der Waals surface area contributed by atoms with Gasteiger partial charge in [0.15, 0.2) is 6.10 Å². The van der Waals surface area contributed by atoms with Gasteiger partial charge in [0.05, 0.1) is 143 Å². The summed E-state index contributed by atoms with van der Waals surface area (Å²) >= 11 is 0. The Morgan fingerprint density at radius 2 is 1.01 bits per heavy atom. The summed E-state index contributed by atoms with van der Waals surface area (Å²) < 4.78 is 54.6. The van der Waals surface area contributed by atoms with Gasteiger partial charge in [0, 0.05) is 32.6 Å². The number of carbonyl (C=O) groups excluding carboxylic acids is 2. The van der Waals surface area contributed by atoms with Crippen molar-refractivity contribution in [2.24, 2.45) is 0 Å². The molecule has 18 N–H and O–H groups in total. The smallest absolute Gasteiger partial charge is 0.335 e. The molecule has 0 aliphatic carbocycles. The molecule has 1 fully saturated rings. The van der Waals surface area contributed by atoms with E-state index in [2.05, 4.69) is 16.0 Å². The number of amides is 2. The van der Waals surface area contributed by atoms with Crippen molar-refractivity contribution in [1.29, 1.82) is 0 Å². The van der Waals surface area contributed by atoms with Crippen molar-refractivity contribution in [3.05, 3.63) is 23.8 Å². The molecule has 1 aromatic rings. The third-order valence-electron chi connectivity index (χ3n) is 11.9. The van der Waals surface area contributed by atoms with E-state index in [9.17, 15) is 80.8 Å². The second kappa shape index (κ2) is 42.3. The van der Waals surface area contributed by atoms with E-state index in [-0.39, 0.29) is 83.8 Å². The molecule has 2 rings (SSSR count). The summed E-state index contributed by atoms with van der Waals surface area (Å²) in [5.41, 5.74) is 0.338. The normalized spacial score (nSPS) is 21.0. The van der Waals surface area contributed by atoms with Crippen LogP contribution in [0.4, 0.5) is 5.69 Å². The molecule has 1 saturated heterocycles. The van der Waals surface area contributed by atoms with Crippen LogP contribution in [0.5, 0.6) is 5.75 Å². The van der Waals surface area contributed by atoms with Crippen molar-refractivity contribution >= 4 is 23.5 Å². The van der Waals surface area contributed by atoms with Crippen LogP contribution in [0.15, 0.2) is 18.2 Å². The van der Waals surface area contributed by atoms with Crippen LogP contribution in [-0.2, 0) is 63.6 Å². The zero-order valence-electron chi connectivity index (χ0n) is 44.7. The maximum atomic E-state index is 13.2. The molecule has 1 aliphatic rings. The minimum absolute atomic E-state index is 0.00131. The average molecular weight is 1170 g/mol. The van der Waals surface area contributed by atoms with Crippen LogP contribution >= 0.6 is 0 Å². The highest BCUT2D eigenvalue weighted by Crippen LogP contribution is 2.31. The van der Waals surface area contributed by atoms with Crippen molar-refractivity contribution in [3.8, 4) is 5.75 Å². The van der Waals surface area contributed by atoms with Gasteiger partial charge in [-0.1, -0.05) is 6.07 Å². The predicted octanol–water partition coefficient (Wildman–Crippen LogP) is -9.21. The lowest BCUT2D eigenvalue weighted by Gasteiger charge is -2.38. The van der Waals surface area contributed by atoms with Crippen LogP contribution in [0.2, 0.25) is 0 Å². The summed E-state index contributed by atoms with van der Waals surface area (Å²) in [7, 11) is 1.48. The van der Waals surface area contributed by atoms with Crippen LogP contribution < -0.4 is 20.7 Å². The molecule has 0 aromatic heterocycles. The Morgan fingerprint density at radius 1 is 0.588 bits per heavy atom. The van der Waals surface area contributed by atoms with E-state index < -0.39 is 136 Å². The van der Waals surface area contributed by atoms with E-state index in [1.165, 1.54) is 30.1 Å². The first-order valence-corrected chi connectivity index (χ1v) is 25.9. The lowest BCUT2D eigenvalue weighted by atomic mass is 9.99. The number of likely N-dealkylation sites (N-methyl/N-ethyl adjacent to an activating group) is 1. The number of nitrogens with zero attached hydrogens (tertiary/aromatic N) is 1. The van der Waals surface area contributed by atoms with Gasteiger partial charge in [-0.15, -0.1) is 0 Å². The van der Waals surface area contributed by atoms with Gasteiger partial charge in [-0.2, -0.15) is 0 Å². The van der Waals surface area contributed by atoms with Crippen molar-refractivity contribution in [2.75, 3.05) is 157 Å². The van der Waals surface area contributed by atoms with Gasteiger partial charge in [0.1, 0.15) is 66.7 Å². The predicted molar refractivity (Wildman–Crippen MR) is 272 cm³/mol. The second-order valence-corrected chi connectivity index (χ2v) is 18.0. The van der Waals surface area contributed by atoms with Gasteiger partial charge in [-0.3, -0.25) is 14.5 Å². The lowest BCUT2D eigenvalue weighted by Crippen LogP contribution is -2.61. The van der Waals surface area contributed by atoms with E-state index in [1.807, 2.05) is 0 Å². The summed E-state index contributed by atoms with van der Waals surface area (Å²) in [6, 6.07) is 3.14. The van der Waals surface area contributed by atoms with E-state index in [4.69, 9.17) is 57.6 Å². The van der Waals surface area contributed by atoms with E-state index >= 15 is 0 Å². The molecule has 32 nitrogen and oxygen atoms in total. The van der Waals surface area contributed by atoms with Gasteiger partial charge < -0.3 is 140 Å². The number of anilines is 1. The molecular formula is C48H86N4O28. The minimum Gasteiger partial charge on any atom is -0.479 e. The number of aliphatic hydroxyl groups excluding tert-OH is 14. The number of nitrogens with one attached hydrogen (secondary N) is 3. The standard InChI is InChI=1S/C48H86N4O28/c1-49-31(46(68)51-30-22-29(26-53)2-3-36(30)79-48-44(67)42(65)43(66)45(80-48)47(69)70)23-50-37(60)4-6-71-8-10-73-12-14-75-16-18-77-20-21-78-19-17-76-15-13-74-11-9-72-7-5-52(24-32(56)38(61)40(63)34(58)27-54)25-33(57)39(62)41(64)35(59)28-55/h2-3,22,31-35,38-45,48-49,53-59,61-67H,4-21,23-28H2,1H3,(H,50,60)(H,51,68)(H,69,70)/t31?,32-,33-,34+,35+,38+,39+,40+,41+,42-,43-,44+,45-,48+/m0/s1. The molecule has 0 spiro atoms. The van der Waals surface area contributed by atoms with Gasteiger partial charge in [0.25, 0.3) is 0 Å². The number of aliphatic carboxylic acids is 1. The number of rotatable bonds is 48. The number of hydrogen-bond acceptors (Lipinski definition) is 29. The van der Waals surface area contributed by atoms with Crippen molar-refractivity contribution in [2.45, 2.75) is 98.6 Å². The molecule has 32 heteroatoms. The Kier molecular flexibility index (Phi) is 38.3. The molecule has 1 heterocycles. The fourth-order valence-electron chi connectivity index (χ4n) is 7.13. The fourth-order valence-corrected chi connectivity index (χ4v) is 7.13. The summed E-state index contributed by atoms with van der Waals surface area (Å²) in [5, 5.41) is 156. The molecule has 466 valence electrons. The minimum atomic E-state index is -1.94. The van der Waals surface area contributed by atoms with Crippen LogP contribution in [0.1, 0.15) is 12.0 Å². The Morgan fingerprint density at radius 3 is 1.43 bits per heavy atom. The molecule has 80 heavy (non-hydrogen) atoms. The topological polar surface area (TPSA) is 486 Å². The number of benzene rings is 1. The molecule has 1 aliphatic heterocycles. The van der Waals surface area contributed by atoms with Crippen LogP contribution in [-0.4, -0.2) is 337 Å². The molecule has 0 saturated carbocycles. The molecule has 0 bridgehead atoms. The van der Waals surface area contributed by atoms with E-state index in [1.54, 1.807) is 0 Å². The highest BCUT2D eigenvalue weighted by molar-refractivity contribution is 5.96. The quantitative estimate of drug-likeness (QED) is 0.0269. The fraction of sp³-hybridized carbons (Fsp3) is 0.812. The van der Waals surface area contributed by atoms with Gasteiger partial charge in [-0.05, 0) is 24.7 Å². The molecule has 14 atom stereocenters. The molecule has 2 amide bonds. The van der Waals surface area contributed by atoms with Crippen LogP contribution in [0, 0.1) is 0 Å². The summed E-state index contributed by atoms with van der Waals surface area (Å²) in [6.07, 6.45) is -23.9. The maximum absolute atomic E-state index is 13.2. The number of aliphatic hydroxyl groups is 14. The first-order chi connectivity index (χ1) is 38.3. The largest absolute Gasteiger partial charge is 0.479 e. The third kappa shape index (κ3) is 28.1. The van der Waals surface area contributed by atoms with E-state index in [0.29, 0.717) is 58.4 Å². The van der Waals surface area contributed by atoms with Gasteiger partial charge in [-0.25, -0.2) is 4.79 Å². The number of ether oxygens (including phenoxy) is 10. The Bertz CT molecular complexity index is 1770. The summed E-state index contributed by atoms with van der Waals surface area (Å²) in [6.45, 7) is 0.860. The Balaban J connectivity index is 1.47. The average Bonchev–Trinajstić information content (AvgIpc) is 3.51. The number of carbonyl (C=O) groups is 3. The molecule has 0 radical (unpaired) electrons. The zero-order valence-corrected chi connectivity index (χ0v) is 44.7. The second-order valence-electron chi connectivity index (χ2n) is 18.0. The molecule has 1 unspecified atom stereocenters. The number of carboxylic acids is 1. The van der Waals surface area contributed by atoms with Crippen molar-refractivity contribution in [3.63, 3.8) is 0 Å². The maximum Gasteiger partial charge on any atom is 0.335 e. The lowest BCUT2D eigenvalue weighted by molar-refractivity contribution is -0.271. The van der Waals surface area contributed by atoms with E-state index in [0.717, 1.165) is 0 Å². The Hall–Kier alpha value is -3.57. The number of hydrogen-bond donors (Lipinski definition) is 18. The molecule has 1 aromatic carbocycles. The van der Waals surface area contributed by atoms with Crippen molar-refractivity contribution < 1.29 is 138 Å². The zero-order chi connectivity index (χ0) is 59.4. The molecular weight excluding hydrogens is 1080 g/mol. The third-order valence-corrected chi connectivity index (χ3v) is 11.9. The highest BCUT2D eigenvalue weighted by Gasteiger charge is 2.48. The summed E-state index contributed by atoms with van der Waals surface area (Å²) in [4.78, 5) is 38.5. The summed E-state index contributed by atoms with van der Waals surface area (Å²) in [5.74, 6) is -2.78. The first-order valence-electron chi connectivity index (χ1n) is 25.9.